The Morgan fingerprint density at radius 3 is 2.52 bits per heavy atom. The molecule has 0 unspecified atom stereocenters. The second-order valence-electron chi connectivity index (χ2n) is 4.47. The van der Waals surface area contributed by atoms with E-state index in [4.69, 9.17) is 11.6 Å². The van der Waals surface area contributed by atoms with Crippen LogP contribution in [0.15, 0.2) is 42.5 Å². The SMILES string of the molecule is Cc1cc(Cl)ccc1NCc1ccccc1OC(F)(F)F. The van der Waals surface area contributed by atoms with Gasteiger partial charge in [0.25, 0.3) is 0 Å². The van der Waals surface area contributed by atoms with Crippen molar-refractivity contribution in [2.75, 3.05) is 5.32 Å². The molecule has 0 saturated heterocycles. The number of rotatable bonds is 4. The summed E-state index contributed by atoms with van der Waals surface area (Å²) in [5.74, 6) is -0.205. The number of halogens is 4. The van der Waals surface area contributed by atoms with Gasteiger partial charge >= 0.3 is 6.36 Å². The summed E-state index contributed by atoms with van der Waals surface area (Å²) in [7, 11) is 0. The van der Waals surface area contributed by atoms with Crippen LogP contribution in [0.4, 0.5) is 18.9 Å². The van der Waals surface area contributed by atoms with Crippen LogP contribution in [0, 0.1) is 6.92 Å². The standard InChI is InChI=1S/C15H13ClF3NO/c1-10-8-12(16)6-7-13(10)20-9-11-4-2-3-5-14(11)21-15(17,18)19/h2-8,20H,9H2,1H3. The number of aryl methyl sites for hydroxylation is 1. The van der Waals surface area contributed by atoms with Gasteiger partial charge in [0.2, 0.25) is 0 Å². The second-order valence-corrected chi connectivity index (χ2v) is 4.90. The Labute approximate surface area is 125 Å². The van der Waals surface area contributed by atoms with Gasteiger partial charge in [-0.3, -0.25) is 0 Å². The number of ether oxygens (including phenoxy) is 1. The molecular weight excluding hydrogens is 303 g/mol. The van der Waals surface area contributed by atoms with E-state index in [9.17, 15) is 13.2 Å². The molecule has 1 N–H and O–H groups in total. The van der Waals surface area contributed by atoms with Crippen LogP contribution >= 0.6 is 11.6 Å². The van der Waals surface area contributed by atoms with Crippen LogP contribution < -0.4 is 10.1 Å². The molecule has 0 bridgehead atoms. The molecule has 0 fully saturated rings. The van der Waals surface area contributed by atoms with Crippen molar-refractivity contribution in [2.45, 2.75) is 19.8 Å². The van der Waals surface area contributed by atoms with Crippen molar-refractivity contribution < 1.29 is 17.9 Å². The van der Waals surface area contributed by atoms with Crippen molar-refractivity contribution in [1.29, 1.82) is 0 Å². The van der Waals surface area contributed by atoms with Gasteiger partial charge in [-0.15, -0.1) is 13.2 Å². The Kier molecular flexibility index (Phi) is 4.63. The minimum Gasteiger partial charge on any atom is -0.405 e. The first-order valence-corrected chi connectivity index (χ1v) is 6.56. The minimum absolute atomic E-state index is 0.205. The van der Waals surface area contributed by atoms with E-state index in [1.165, 1.54) is 12.1 Å². The molecule has 2 aromatic rings. The normalized spacial score (nSPS) is 11.3. The molecule has 2 nitrogen and oxygen atoms in total. The number of alkyl halides is 3. The molecule has 0 saturated carbocycles. The quantitative estimate of drug-likeness (QED) is 0.841. The van der Waals surface area contributed by atoms with E-state index in [-0.39, 0.29) is 12.3 Å². The Morgan fingerprint density at radius 2 is 1.86 bits per heavy atom. The van der Waals surface area contributed by atoms with Crippen LogP contribution in [-0.4, -0.2) is 6.36 Å². The van der Waals surface area contributed by atoms with Gasteiger partial charge in [0.15, 0.2) is 0 Å². The molecule has 0 aromatic heterocycles. The van der Waals surface area contributed by atoms with Crippen molar-refractivity contribution in [1.82, 2.24) is 0 Å². The summed E-state index contributed by atoms with van der Waals surface area (Å²) in [6, 6.07) is 11.3. The second kappa shape index (κ2) is 6.26. The number of nitrogens with one attached hydrogen (secondary N) is 1. The van der Waals surface area contributed by atoms with Gasteiger partial charge in [0.1, 0.15) is 5.75 Å². The minimum atomic E-state index is -4.70. The molecule has 0 heterocycles. The molecule has 0 spiro atoms. The van der Waals surface area contributed by atoms with Crippen LogP contribution in [0.1, 0.15) is 11.1 Å². The third kappa shape index (κ3) is 4.56. The average Bonchev–Trinajstić information content (AvgIpc) is 2.37. The predicted octanol–water partition coefficient (Wildman–Crippen LogP) is 5.16. The summed E-state index contributed by atoms with van der Waals surface area (Å²) in [5, 5.41) is 3.69. The van der Waals surface area contributed by atoms with Gasteiger partial charge in [0.05, 0.1) is 0 Å². The third-order valence-corrected chi connectivity index (χ3v) is 3.09. The van der Waals surface area contributed by atoms with Crippen molar-refractivity contribution in [3.05, 3.63) is 58.6 Å². The van der Waals surface area contributed by atoms with E-state index in [1.54, 1.807) is 30.3 Å². The van der Waals surface area contributed by atoms with Gasteiger partial charge in [-0.1, -0.05) is 29.8 Å². The maximum Gasteiger partial charge on any atom is 0.573 e. The molecule has 2 aromatic carbocycles. The smallest absolute Gasteiger partial charge is 0.405 e. The van der Waals surface area contributed by atoms with Crippen LogP contribution in [0.3, 0.4) is 0 Å². The zero-order chi connectivity index (χ0) is 15.5. The highest BCUT2D eigenvalue weighted by Gasteiger charge is 2.31. The fraction of sp³-hybridized carbons (Fsp3) is 0.200. The molecule has 0 aliphatic heterocycles. The fourth-order valence-corrected chi connectivity index (χ4v) is 2.12. The Balaban J connectivity index is 2.13. The molecular formula is C15H13ClF3NO. The summed E-state index contributed by atoms with van der Waals surface area (Å²) in [6.45, 7) is 2.08. The van der Waals surface area contributed by atoms with Gasteiger partial charge in [-0.25, -0.2) is 0 Å². The van der Waals surface area contributed by atoms with Crippen molar-refractivity contribution >= 4 is 17.3 Å². The largest absolute Gasteiger partial charge is 0.573 e. The summed E-state index contributed by atoms with van der Waals surface area (Å²) in [4.78, 5) is 0. The number of benzene rings is 2. The van der Waals surface area contributed by atoms with E-state index >= 15 is 0 Å². The van der Waals surface area contributed by atoms with Gasteiger partial charge < -0.3 is 10.1 Å². The van der Waals surface area contributed by atoms with Crippen LogP contribution in [0.5, 0.6) is 5.75 Å². The highest BCUT2D eigenvalue weighted by atomic mass is 35.5. The van der Waals surface area contributed by atoms with E-state index in [0.29, 0.717) is 10.6 Å². The molecule has 2 rings (SSSR count). The van der Waals surface area contributed by atoms with Crippen molar-refractivity contribution in [3.8, 4) is 5.75 Å². The number of para-hydroxylation sites is 1. The van der Waals surface area contributed by atoms with Crippen molar-refractivity contribution in [2.24, 2.45) is 0 Å². The van der Waals surface area contributed by atoms with E-state index in [1.807, 2.05) is 6.92 Å². The lowest BCUT2D eigenvalue weighted by molar-refractivity contribution is -0.274. The fourth-order valence-electron chi connectivity index (χ4n) is 1.89. The molecule has 21 heavy (non-hydrogen) atoms. The average molecular weight is 316 g/mol. The zero-order valence-electron chi connectivity index (χ0n) is 11.2. The summed E-state index contributed by atoms with van der Waals surface area (Å²) < 4.78 is 41.0. The Bertz CT molecular complexity index is 629. The molecule has 0 aliphatic rings. The lowest BCUT2D eigenvalue weighted by Crippen LogP contribution is -2.18. The van der Waals surface area contributed by atoms with Crippen LogP contribution in [0.2, 0.25) is 5.02 Å². The van der Waals surface area contributed by atoms with Crippen LogP contribution in [0.25, 0.3) is 0 Å². The molecule has 112 valence electrons. The molecule has 6 heteroatoms. The summed E-state index contributed by atoms with van der Waals surface area (Å²) in [5.41, 5.74) is 2.14. The maximum atomic E-state index is 12.3. The van der Waals surface area contributed by atoms with Gasteiger partial charge in [-0.2, -0.15) is 0 Å². The molecule has 0 aliphatic carbocycles. The summed E-state index contributed by atoms with van der Waals surface area (Å²) >= 11 is 5.86. The zero-order valence-corrected chi connectivity index (χ0v) is 11.9. The van der Waals surface area contributed by atoms with E-state index in [2.05, 4.69) is 10.1 Å². The predicted molar refractivity (Wildman–Crippen MR) is 76.6 cm³/mol. The third-order valence-electron chi connectivity index (χ3n) is 2.86. The Hall–Kier alpha value is -1.88. The van der Waals surface area contributed by atoms with Gasteiger partial charge in [-0.05, 0) is 36.8 Å². The summed E-state index contributed by atoms with van der Waals surface area (Å²) in [6.07, 6.45) is -4.70. The Morgan fingerprint density at radius 1 is 1.14 bits per heavy atom. The first-order chi connectivity index (χ1) is 9.85. The number of anilines is 1. The number of hydrogen-bond acceptors (Lipinski definition) is 2. The lowest BCUT2D eigenvalue weighted by Gasteiger charge is -2.15. The lowest BCUT2D eigenvalue weighted by atomic mass is 10.1. The van der Waals surface area contributed by atoms with E-state index < -0.39 is 6.36 Å². The highest BCUT2D eigenvalue weighted by molar-refractivity contribution is 6.30. The number of hydrogen-bond donors (Lipinski definition) is 1. The maximum absolute atomic E-state index is 12.3. The first kappa shape index (κ1) is 15.5. The van der Waals surface area contributed by atoms with Crippen LogP contribution in [-0.2, 0) is 6.54 Å². The van der Waals surface area contributed by atoms with Gasteiger partial charge in [0, 0.05) is 22.8 Å². The highest BCUT2D eigenvalue weighted by Crippen LogP contribution is 2.27. The molecule has 0 radical (unpaired) electrons. The topological polar surface area (TPSA) is 21.3 Å². The van der Waals surface area contributed by atoms with Crippen molar-refractivity contribution in [3.63, 3.8) is 0 Å². The monoisotopic (exact) mass is 315 g/mol. The molecule has 0 atom stereocenters. The molecule has 0 amide bonds. The van der Waals surface area contributed by atoms with E-state index in [0.717, 1.165) is 11.3 Å². The first-order valence-electron chi connectivity index (χ1n) is 6.19.